The Morgan fingerprint density at radius 2 is 2.55 bits per heavy atom. The molecule has 1 atom stereocenters. The first-order valence-electron chi connectivity index (χ1n) is 3.25. The molecule has 5 heteroatoms. The van der Waals surface area contributed by atoms with E-state index >= 15 is 0 Å². The average molecular weight is 155 g/mol. The van der Waals surface area contributed by atoms with E-state index in [1.807, 2.05) is 0 Å². The Morgan fingerprint density at radius 1 is 1.82 bits per heavy atom. The standard InChI is InChI=1S/C6H9N3O2/c1-5(6(10)11)2-9-4-7-3-8-9/h3-5H,2H2,1H3,(H,10,11)/t5-/m0/s1. The van der Waals surface area contributed by atoms with Gasteiger partial charge in [0.25, 0.3) is 0 Å². The second-order valence-electron chi connectivity index (χ2n) is 2.36. The lowest BCUT2D eigenvalue weighted by atomic mass is 10.2. The average Bonchev–Trinajstić information content (AvgIpc) is 2.39. The van der Waals surface area contributed by atoms with Crippen molar-refractivity contribution < 1.29 is 9.90 Å². The van der Waals surface area contributed by atoms with E-state index in [4.69, 9.17) is 5.11 Å². The maximum absolute atomic E-state index is 10.4. The van der Waals surface area contributed by atoms with Gasteiger partial charge in [0.15, 0.2) is 0 Å². The van der Waals surface area contributed by atoms with Crippen molar-refractivity contribution in [3.05, 3.63) is 12.7 Å². The van der Waals surface area contributed by atoms with Crippen molar-refractivity contribution >= 4 is 5.97 Å². The molecule has 0 aliphatic rings. The summed E-state index contributed by atoms with van der Waals surface area (Å²) in [6.45, 7) is 2.00. The normalized spacial score (nSPS) is 12.8. The monoisotopic (exact) mass is 155 g/mol. The Kier molecular flexibility index (Phi) is 2.20. The van der Waals surface area contributed by atoms with Crippen LogP contribution in [-0.2, 0) is 11.3 Å². The van der Waals surface area contributed by atoms with Crippen LogP contribution in [0.2, 0.25) is 0 Å². The van der Waals surface area contributed by atoms with Crippen LogP contribution in [-0.4, -0.2) is 25.8 Å². The van der Waals surface area contributed by atoms with Crippen LogP contribution >= 0.6 is 0 Å². The van der Waals surface area contributed by atoms with Crippen molar-refractivity contribution in [2.45, 2.75) is 13.5 Å². The number of hydrogen-bond donors (Lipinski definition) is 1. The highest BCUT2D eigenvalue weighted by atomic mass is 16.4. The third kappa shape index (κ3) is 2.03. The summed E-state index contributed by atoms with van der Waals surface area (Å²) in [6, 6.07) is 0. The van der Waals surface area contributed by atoms with E-state index in [1.54, 1.807) is 6.92 Å². The van der Waals surface area contributed by atoms with Gasteiger partial charge in [-0.25, -0.2) is 4.98 Å². The molecule has 0 saturated carbocycles. The largest absolute Gasteiger partial charge is 0.481 e. The first-order valence-corrected chi connectivity index (χ1v) is 3.25. The molecule has 0 aromatic carbocycles. The van der Waals surface area contributed by atoms with Gasteiger partial charge in [-0.3, -0.25) is 9.48 Å². The summed E-state index contributed by atoms with van der Waals surface area (Å²) in [6.07, 6.45) is 2.88. The number of hydrogen-bond acceptors (Lipinski definition) is 3. The highest BCUT2D eigenvalue weighted by Crippen LogP contribution is 1.97. The molecule has 11 heavy (non-hydrogen) atoms. The Balaban J connectivity index is 2.50. The lowest BCUT2D eigenvalue weighted by Gasteiger charge is -2.03. The highest BCUT2D eigenvalue weighted by Gasteiger charge is 2.10. The van der Waals surface area contributed by atoms with Gasteiger partial charge in [-0.1, -0.05) is 6.92 Å². The van der Waals surface area contributed by atoms with Crippen LogP contribution in [0, 0.1) is 5.92 Å². The van der Waals surface area contributed by atoms with Crippen molar-refractivity contribution in [1.29, 1.82) is 0 Å². The summed E-state index contributed by atoms with van der Waals surface area (Å²) in [5.74, 6) is -1.24. The van der Waals surface area contributed by atoms with Gasteiger partial charge < -0.3 is 5.11 Å². The zero-order valence-electron chi connectivity index (χ0n) is 6.14. The van der Waals surface area contributed by atoms with Crippen molar-refractivity contribution in [1.82, 2.24) is 14.8 Å². The molecule has 0 aliphatic heterocycles. The minimum Gasteiger partial charge on any atom is -0.481 e. The third-order valence-corrected chi connectivity index (χ3v) is 1.35. The molecule has 1 aromatic rings. The maximum atomic E-state index is 10.4. The minimum absolute atomic E-state index is 0.370. The van der Waals surface area contributed by atoms with E-state index in [-0.39, 0.29) is 0 Å². The summed E-state index contributed by atoms with van der Waals surface area (Å²) in [7, 11) is 0. The number of aromatic nitrogens is 3. The minimum atomic E-state index is -0.819. The number of carboxylic acids is 1. The van der Waals surface area contributed by atoms with Gasteiger partial charge >= 0.3 is 5.97 Å². The fourth-order valence-corrected chi connectivity index (χ4v) is 0.686. The van der Waals surface area contributed by atoms with Crippen LogP contribution in [0.15, 0.2) is 12.7 Å². The zero-order valence-corrected chi connectivity index (χ0v) is 6.14. The van der Waals surface area contributed by atoms with Crippen LogP contribution in [0.3, 0.4) is 0 Å². The molecular formula is C6H9N3O2. The number of carbonyl (C=O) groups is 1. The first-order chi connectivity index (χ1) is 5.20. The molecule has 1 N–H and O–H groups in total. The molecule has 1 heterocycles. The van der Waals surface area contributed by atoms with Crippen molar-refractivity contribution in [3.63, 3.8) is 0 Å². The third-order valence-electron chi connectivity index (χ3n) is 1.35. The molecule has 0 spiro atoms. The van der Waals surface area contributed by atoms with E-state index in [0.717, 1.165) is 0 Å². The quantitative estimate of drug-likeness (QED) is 0.667. The number of aliphatic carboxylic acids is 1. The lowest BCUT2D eigenvalue weighted by molar-refractivity contribution is -0.141. The van der Waals surface area contributed by atoms with Crippen LogP contribution in [0.5, 0.6) is 0 Å². The Morgan fingerprint density at radius 3 is 3.00 bits per heavy atom. The first kappa shape index (κ1) is 7.71. The fourth-order valence-electron chi connectivity index (χ4n) is 0.686. The van der Waals surface area contributed by atoms with Gasteiger partial charge in [0.1, 0.15) is 12.7 Å². The van der Waals surface area contributed by atoms with Gasteiger partial charge in [0.05, 0.1) is 12.5 Å². The van der Waals surface area contributed by atoms with Gasteiger partial charge in [-0.15, -0.1) is 0 Å². The Labute approximate surface area is 63.7 Å². The Hall–Kier alpha value is -1.39. The van der Waals surface area contributed by atoms with Crippen LogP contribution in [0.1, 0.15) is 6.92 Å². The zero-order chi connectivity index (χ0) is 8.27. The summed E-state index contributed by atoms with van der Waals surface area (Å²) < 4.78 is 1.50. The van der Waals surface area contributed by atoms with E-state index in [0.29, 0.717) is 6.54 Å². The second kappa shape index (κ2) is 3.14. The van der Waals surface area contributed by atoms with Crippen molar-refractivity contribution in [2.75, 3.05) is 0 Å². The molecule has 0 radical (unpaired) electrons. The number of rotatable bonds is 3. The molecule has 0 saturated heterocycles. The molecule has 60 valence electrons. The van der Waals surface area contributed by atoms with Gasteiger partial charge in [0, 0.05) is 0 Å². The summed E-state index contributed by atoms with van der Waals surface area (Å²) >= 11 is 0. The lowest BCUT2D eigenvalue weighted by Crippen LogP contribution is -2.16. The molecule has 1 aromatic heterocycles. The van der Waals surface area contributed by atoms with Gasteiger partial charge in [0.2, 0.25) is 0 Å². The fraction of sp³-hybridized carbons (Fsp3) is 0.500. The summed E-state index contributed by atoms with van der Waals surface area (Å²) in [5, 5.41) is 12.3. The van der Waals surface area contributed by atoms with Gasteiger partial charge in [-0.05, 0) is 0 Å². The molecule has 5 nitrogen and oxygen atoms in total. The van der Waals surface area contributed by atoms with E-state index in [9.17, 15) is 4.79 Å². The summed E-state index contributed by atoms with van der Waals surface area (Å²) in [5.41, 5.74) is 0. The number of nitrogens with zero attached hydrogens (tertiary/aromatic N) is 3. The maximum Gasteiger partial charge on any atom is 0.308 e. The molecule has 0 amide bonds. The van der Waals surface area contributed by atoms with E-state index < -0.39 is 11.9 Å². The van der Waals surface area contributed by atoms with E-state index in [1.165, 1.54) is 17.3 Å². The van der Waals surface area contributed by atoms with E-state index in [2.05, 4.69) is 10.1 Å². The molecular weight excluding hydrogens is 146 g/mol. The van der Waals surface area contributed by atoms with Crippen LogP contribution < -0.4 is 0 Å². The predicted octanol–water partition coefficient (Wildman–Crippen LogP) is -0.00120. The molecule has 0 fully saturated rings. The molecule has 0 unspecified atom stereocenters. The Bertz CT molecular complexity index is 232. The number of carboxylic acid groups (broad SMARTS) is 1. The molecule has 0 aliphatic carbocycles. The van der Waals surface area contributed by atoms with Crippen molar-refractivity contribution in [2.24, 2.45) is 5.92 Å². The van der Waals surface area contributed by atoms with Gasteiger partial charge in [-0.2, -0.15) is 5.10 Å². The predicted molar refractivity (Wildman–Crippen MR) is 36.8 cm³/mol. The smallest absolute Gasteiger partial charge is 0.308 e. The van der Waals surface area contributed by atoms with Crippen molar-refractivity contribution in [3.8, 4) is 0 Å². The summed E-state index contributed by atoms with van der Waals surface area (Å²) in [4.78, 5) is 14.1. The highest BCUT2D eigenvalue weighted by molar-refractivity contribution is 5.69. The van der Waals surface area contributed by atoms with Crippen LogP contribution in [0.4, 0.5) is 0 Å². The second-order valence-corrected chi connectivity index (χ2v) is 2.36. The molecule has 1 rings (SSSR count). The topological polar surface area (TPSA) is 68.0 Å². The SMILES string of the molecule is C[C@@H](Cn1cncn1)C(=O)O. The van der Waals surface area contributed by atoms with Crippen LogP contribution in [0.25, 0.3) is 0 Å². The molecule has 0 bridgehead atoms.